The minimum atomic E-state index is -0.427. The first-order valence-corrected chi connectivity index (χ1v) is 9.33. The number of methoxy groups -OCH3 is 2. The van der Waals surface area contributed by atoms with E-state index in [1.165, 1.54) is 6.20 Å². The fourth-order valence-electron chi connectivity index (χ4n) is 3.27. The summed E-state index contributed by atoms with van der Waals surface area (Å²) >= 11 is 0. The molecule has 1 aromatic rings. The number of nitrogens with zero attached hydrogens (tertiary/aromatic N) is 1. The van der Waals surface area contributed by atoms with Crippen LogP contribution in [0.2, 0.25) is 0 Å². The second kappa shape index (κ2) is 9.50. The Bertz CT molecular complexity index is 755. The van der Waals surface area contributed by atoms with Crippen molar-refractivity contribution in [3.63, 3.8) is 0 Å². The van der Waals surface area contributed by atoms with Crippen molar-refractivity contribution in [2.75, 3.05) is 14.2 Å². The number of amides is 1. The van der Waals surface area contributed by atoms with Crippen molar-refractivity contribution < 1.29 is 14.3 Å². The van der Waals surface area contributed by atoms with E-state index in [0.717, 1.165) is 12.0 Å². The van der Waals surface area contributed by atoms with Crippen LogP contribution in [0.15, 0.2) is 30.0 Å². The third-order valence-electron chi connectivity index (χ3n) is 4.20. The molecule has 6 heteroatoms. The van der Waals surface area contributed by atoms with Gasteiger partial charge in [-0.2, -0.15) is 5.26 Å². The Morgan fingerprint density at radius 1 is 1.18 bits per heavy atom. The minimum Gasteiger partial charge on any atom is -0.493 e. The molecule has 0 bridgehead atoms. The average Bonchev–Trinajstić information content (AvgIpc) is 2.59. The summed E-state index contributed by atoms with van der Waals surface area (Å²) in [5.74, 6) is 0.777. The van der Waals surface area contributed by atoms with Gasteiger partial charge < -0.3 is 20.1 Å². The van der Waals surface area contributed by atoms with Gasteiger partial charge in [-0.1, -0.05) is 26.8 Å². The maximum absolute atomic E-state index is 12.5. The van der Waals surface area contributed by atoms with Gasteiger partial charge >= 0.3 is 0 Å². The fraction of sp³-hybridized carbons (Fsp3) is 0.545. The lowest BCUT2D eigenvalue weighted by Gasteiger charge is -2.33. The molecule has 0 aliphatic heterocycles. The molecular weight excluding hydrogens is 354 g/mol. The molecule has 1 atom stereocenters. The summed E-state index contributed by atoms with van der Waals surface area (Å²) in [6.07, 6.45) is 2.39. The van der Waals surface area contributed by atoms with Crippen LogP contribution in [-0.4, -0.2) is 25.7 Å². The number of hydrogen-bond donors (Lipinski definition) is 2. The van der Waals surface area contributed by atoms with Crippen LogP contribution in [-0.2, 0) is 4.79 Å². The molecule has 0 heterocycles. The van der Waals surface area contributed by atoms with Crippen molar-refractivity contribution in [3.05, 3.63) is 35.5 Å². The summed E-state index contributed by atoms with van der Waals surface area (Å²) in [7, 11) is 3.13. The first-order valence-electron chi connectivity index (χ1n) is 9.33. The SMILES string of the molecule is COc1ccc(C(C)NC(=O)/C(C#N)=C\NC(C)(C)CC(C)(C)C)cc1OC. The van der Waals surface area contributed by atoms with Gasteiger partial charge in [0, 0.05) is 11.7 Å². The second-order valence-electron chi connectivity index (χ2n) is 8.75. The van der Waals surface area contributed by atoms with E-state index in [4.69, 9.17) is 9.47 Å². The first kappa shape index (κ1) is 23.4. The van der Waals surface area contributed by atoms with E-state index in [-0.39, 0.29) is 22.6 Å². The number of nitriles is 1. The Balaban J connectivity index is 2.87. The van der Waals surface area contributed by atoms with E-state index in [0.29, 0.717) is 11.5 Å². The molecule has 0 radical (unpaired) electrons. The van der Waals surface area contributed by atoms with E-state index >= 15 is 0 Å². The lowest BCUT2D eigenvalue weighted by atomic mass is 9.82. The van der Waals surface area contributed by atoms with Crippen LogP contribution in [0, 0.1) is 16.7 Å². The highest BCUT2D eigenvalue weighted by Crippen LogP contribution is 2.30. The highest BCUT2D eigenvalue weighted by atomic mass is 16.5. The normalized spacial score (nSPS) is 13.3. The zero-order valence-corrected chi connectivity index (χ0v) is 18.3. The Morgan fingerprint density at radius 3 is 2.29 bits per heavy atom. The lowest BCUT2D eigenvalue weighted by molar-refractivity contribution is -0.117. The molecule has 1 unspecified atom stereocenters. The summed E-state index contributed by atoms with van der Waals surface area (Å²) in [6.45, 7) is 12.4. The number of ether oxygens (including phenoxy) is 2. The molecule has 0 aliphatic carbocycles. The second-order valence-corrected chi connectivity index (χ2v) is 8.75. The summed E-state index contributed by atoms with van der Waals surface area (Å²) in [4.78, 5) is 12.5. The number of benzene rings is 1. The van der Waals surface area contributed by atoms with Gasteiger partial charge in [0.15, 0.2) is 11.5 Å². The van der Waals surface area contributed by atoms with E-state index in [1.54, 1.807) is 20.3 Å². The molecule has 0 aromatic heterocycles. The molecule has 1 amide bonds. The molecular formula is C22H33N3O3. The molecule has 0 spiro atoms. The topological polar surface area (TPSA) is 83.4 Å². The van der Waals surface area contributed by atoms with Crippen molar-refractivity contribution in [3.8, 4) is 17.6 Å². The number of carbonyl (C=O) groups is 1. The molecule has 2 N–H and O–H groups in total. The minimum absolute atomic E-state index is 0.0364. The Labute approximate surface area is 168 Å². The Kier molecular flexibility index (Phi) is 7.92. The van der Waals surface area contributed by atoms with Gasteiger partial charge in [0.05, 0.1) is 20.3 Å². The van der Waals surface area contributed by atoms with Crippen molar-refractivity contribution in [2.45, 2.75) is 59.5 Å². The Morgan fingerprint density at radius 2 is 1.79 bits per heavy atom. The van der Waals surface area contributed by atoms with Gasteiger partial charge in [-0.25, -0.2) is 0 Å². The van der Waals surface area contributed by atoms with Crippen LogP contribution in [0.4, 0.5) is 0 Å². The molecule has 0 fully saturated rings. The van der Waals surface area contributed by atoms with Gasteiger partial charge in [-0.05, 0) is 50.3 Å². The molecule has 0 aliphatic rings. The number of carbonyl (C=O) groups excluding carboxylic acids is 1. The molecule has 154 valence electrons. The predicted molar refractivity (Wildman–Crippen MR) is 111 cm³/mol. The summed E-state index contributed by atoms with van der Waals surface area (Å²) in [5, 5.41) is 15.5. The van der Waals surface area contributed by atoms with Gasteiger partial charge in [0.1, 0.15) is 11.6 Å². The molecule has 28 heavy (non-hydrogen) atoms. The molecule has 0 saturated heterocycles. The third kappa shape index (κ3) is 7.15. The summed E-state index contributed by atoms with van der Waals surface area (Å²) in [5.41, 5.74) is 0.773. The third-order valence-corrected chi connectivity index (χ3v) is 4.20. The van der Waals surface area contributed by atoms with E-state index in [1.807, 2.05) is 39.0 Å². The van der Waals surface area contributed by atoms with Crippen LogP contribution in [0.25, 0.3) is 0 Å². The van der Waals surface area contributed by atoms with E-state index in [9.17, 15) is 10.1 Å². The van der Waals surface area contributed by atoms with E-state index in [2.05, 4.69) is 31.4 Å². The summed E-state index contributed by atoms with van der Waals surface area (Å²) in [6, 6.07) is 7.13. The monoisotopic (exact) mass is 387 g/mol. The van der Waals surface area contributed by atoms with Crippen LogP contribution >= 0.6 is 0 Å². The maximum atomic E-state index is 12.5. The van der Waals surface area contributed by atoms with Crippen molar-refractivity contribution >= 4 is 5.91 Å². The molecule has 1 aromatic carbocycles. The average molecular weight is 388 g/mol. The standard InChI is InChI=1S/C22H33N3O3/c1-15(16-9-10-18(27-7)19(11-16)28-8)25-20(26)17(12-23)13-24-22(5,6)14-21(2,3)4/h9-11,13,15,24H,14H2,1-8H3,(H,25,26)/b17-13-. The highest BCUT2D eigenvalue weighted by Gasteiger charge is 2.25. The highest BCUT2D eigenvalue weighted by molar-refractivity contribution is 5.97. The number of hydrogen-bond acceptors (Lipinski definition) is 5. The smallest absolute Gasteiger partial charge is 0.263 e. The van der Waals surface area contributed by atoms with Crippen LogP contribution in [0.1, 0.15) is 59.6 Å². The number of rotatable bonds is 8. The quantitative estimate of drug-likeness (QED) is 0.518. The van der Waals surface area contributed by atoms with E-state index < -0.39 is 5.91 Å². The van der Waals surface area contributed by atoms with Crippen molar-refractivity contribution in [1.82, 2.24) is 10.6 Å². The van der Waals surface area contributed by atoms with Crippen LogP contribution in [0.3, 0.4) is 0 Å². The molecule has 6 nitrogen and oxygen atoms in total. The van der Waals surface area contributed by atoms with Gasteiger partial charge in [0.2, 0.25) is 0 Å². The first-order chi connectivity index (χ1) is 12.9. The molecule has 0 saturated carbocycles. The van der Waals surface area contributed by atoms with Gasteiger partial charge in [0.25, 0.3) is 5.91 Å². The zero-order chi connectivity index (χ0) is 21.5. The molecule has 1 rings (SSSR count). The zero-order valence-electron chi connectivity index (χ0n) is 18.3. The van der Waals surface area contributed by atoms with Crippen molar-refractivity contribution in [2.24, 2.45) is 5.41 Å². The van der Waals surface area contributed by atoms with Gasteiger partial charge in [-0.3, -0.25) is 4.79 Å². The van der Waals surface area contributed by atoms with Crippen LogP contribution < -0.4 is 20.1 Å². The van der Waals surface area contributed by atoms with Crippen LogP contribution in [0.5, 0.6) is 11.5 Å². The van der Waals surface area contributed by atoms with Crippen molar-refractivity contribution in [1.29, 1.82) is 5.26 Å². The Hall–Kier alpha value is -2.68. The lowest BCUT2D eigenvalue weighted by Crippen LogP contribution is -2.40. The van der Waals surface area contributed by atoms with Gasteiger partial charge in [-0.15, -0.1) is 0 Å². The maximum Gasteiger partial charge on any atom is 0.263 e. The largest absolute Gasteiger partial charge is 0.493 e. The number of nitrogens with one attached hydrogen (secondary N) is 2. The summed E-state index contributed by atoms with van der Waals surface area (Å²) < 4.78 is 10.5. The predicted octanol–water partition coefficient (Wildman–Crippen LogP) is 4.09. The fourth-order valence-corrected chi connectivity index (χ4v) is 3.27.